The lowest BCUT2D eigenvalue weighted by atomic mass is 9.94. The number of ether oxygens (including phenoxy) is 2. The SMILES string of the molecule is CCCCOc1ccccc1OCCNC(C)(C)Cc1c[nH]c2ccccc12.Cl. The number of halogens is 1. The van der Waals surface area contributed by atoms with Crippen LogP contribution < -0.4 is 14.8 Å². The Morgan fingerprint density at radius 1 is 0.931 bits per heavy atom. The highest BCUT2D eigenvalue weighted by molar-refractivity contribution is 5.85. The highest BCUT2D eigenvalue weighted by atomic mass is 35.5. The van der Waals surface area contributed by atoms with Crippen LogP contribution in [0.3, 0.4) is 0 Å². The standard InChI is InChI=1S/C24H32N2O2.ClH/c1-4-5-15-27-22-12-8-9-13-23(22)28-16-14-26-24(2,3)17-19-18-25-21-11-7-6-10-20(19)21;/h6-13,18,25-26H,4-5,14-17H2,1-3H3;1H. The van der Waals surface area contributed by atoms with Crippen LogP contribution in [0.4, 0.5) is 0 Å². The van der Waals surface area contributed by atoms with Gasteiger partial charge in [-0.1, -0.05) is 43.7 Å². The number of hydrogen-bond donors (Lipinski definition) is 2. The number of nitrogens with one attached hydrogen (secondary N) is 2. The third-order valence-corrected chi connectivity index (χ3v) is 4.88. The van der Waals surface area contributed by atoms with Gasteiger partial charge in [-0.2, -0.15) is 0 Å². The van der Waals surface area contributed by atoms with Crippen LogP contribution in [0, 0.1) is 0 Å². The first-order valence-corrected chi connectivity index (χ1v) is 10.2. The minimum atomic E-state index is -0.0224. The molecule has 0 radical (unpaired) electrons. The number of H-pyrrole nitrogens is 1. The van der Waals surface area contributed by atoms with E-state index in [1.807, 2.05) is 24.3 Å². The number of fused-ring (bicyclic) bond motifs is 1. The second kappa shape index (κ2) is 11.1. The van der Waals surface area contributed by atoms with Gasteiger partial charge in [0.15, 0.2) is 11.5 Å². The number of hydrogen-bond acceptors (Lipinski definition) is 3. The maximum atomic E-state index is 5.98. The van der Waals surface area contributed by atoms with E-state index in [-0.39, 0.29) is 17.9 Å². The summed E-state index contributed by atoms with van der Waals surface area (Å²) in [7, 11) is 0. The number of rotatable bonds is 11. The van der Waals surface area contributed by atoms with Gasteiger partial charge in [-0.3, -0.25) is 0 Å². The van der Waals surface area contributed by atoms with E-state index in [0.717, 1.165) is 43.9 Å². The van der Waals surface area contributed by atoms with Crippen LogP contribution >= 0.6 is 12.4 Å². The van der Waals surface area contributed by atoms with Crippen molar-refractivity contribution >= 4 is 23.3 Å². The Morgan fingerprint density at radius 2 is 1.59 bits per heavy atom. The highest BCUT2D eigenvalue weighted by Gasteiger charge is 2.19. The van der Waals surface area contributed by atoms with Crippen molar-refractivity contribution in [2.24, 2.45) is 0 Å². The van der Waals surface area contributed by atoms with Crippen LogP contribution in [-0.2, 0) is 6.42 Å². The maximum absolute atomic E-state index is 5.98. The molecule has 0 saturated heterocycles. The average Bonchev–Trinajstić information content (AvgIpc) is 3.09. The topological polar surface area (TPSA) is 46.3 Å². The van der Waals surface area contributed by atoms with Gasteiger partial charge in [0.25, 0.3) is 0 Å². The molecular formula is C24H33ClN2O2. The Hall–Kier alpha value is -2.17. The number of aromatic amines is 1. The molecule has 0 unspecified atom stereocenters. The van der Waals surface area contributed by atoms with Crippen molar-refractivity contribution in [1.29, 1.82) is 0 Å². The van der Waals surface area contributed by atoms with Crippen LogP contribution in [0.1, 0.15) is 39.2 Å². The first kappa shape index (κ1) is 23.1. The zero-order valence-corrected chi connectivity index (χ0v) is 18.5. The van der Waals surface area contributed by atoms with Crippen molar-refractivity contribution in [2.75, 3.05) is 19.8 Å². The van der Waals surface area contributed by atoms with E-state index in [1.54, 1.807) is 0 Å². The quantitative estimate of drug-likeness (QED) is 0.391. The van der Waals surface area contributed by atoms with Crippen molar-refractivity contribution in [2.45, 2.75) is 45.6 Å². The molecule has 0 spiro atoms. The van der Waals surface area contributed by atoms with Crippen molar-refractivity contribution in [3.63, 3.8) is 0 Å². The van der Waals surface area contributed by atoms with Gasteiger partial charge in [-0.25, -0.2) is 0 Å². The van der Waals surface area contributed by atoms with Gasteiger partial charge in [0.1, 0.15) is 6.61 Å². The molecule has 0 saturated carbocycles. The highest BCUT2D eigenvalue weighted by Crippen LogP contribution is 2.26. The molecule has 158 valence electrons. The lowest BCUT2D eigenvalue weighted by molar-refractivity contribution is 0.253. The van der Waals surface area contributed by atoms with E-state index in [4.69, 9.17) is 9.47 Å². The summed E-state index contributed by atoms with van der Waals surface area (Å²) in [5.74, 6) is 1.64. The van der Waals surface area contributed by atoms with Gasteiger partial charge < -0.3 is 19.8 Å². The molecule has 0 atom stereocenters. The Bertz CT molecular complexity index is 876. The molecular weight excluding hydrogens is 384 g/mol. The van der Waals surface area contributed by atoms with Crippen LogP contribution in [0.15, 0.2) is 54.7 Å². The number of benzene rings is 2. The monoisotopic (exact) mass is 416 g/mol. The number of aromatic nitrogens is 1. The van der Waals surface area contributed by atoms with Gasteiger partial charge in [0.05, 0.1) is 6.61 Å². The zero-order valence-electron chi connectivity index (χ0n) is 17.7. The van der Waals surface area contributed by atoms with Crippen LogP contribution in [0.5, 0.6) is 11.5 Å². The first-order valence-electron chi connectivity index (χ1n) is 10.2. The van der Waals surface area contributed by atoms with E-state index in [9.17, 15) is 0 Å². The van der Waals surface area contributed by atoms with E-state index in [1.165, 1.54) is 16.5 Å². The Labute approximate surface area is 180 Å². The number of para-hydroxylation sites is 3. The van der Waals surface area contributed by atoms with Gasteiger partial charge in [-0.05, 0) is 50.5 Å². The van der Waals surface area contributed by atoms with Crippen molar-refractivity contribution in [1.82, 2.24) is 10.3 Å². The molecule has 1 heterocycles. The van der Waals surface area contributed by atoms with Gasteiger partial charge >= 0.3 is 0 Å². The number of unbranched alkanes of at least 4 members (excludes halogenated alkanes) is 1. The summed E-state index contributed by atoms with van der Waals surface area (Å²) in [6.45, 7) is 8.74. The Morgan fingerprint density at radius 3 is 2.31 bits per heavy atom. The van der Waals surface area contributed by atoms with Crippen LogP contribution in [0.25, 0.3) is 10.9 Å². The lowest BCUT2D eigenvalue weighted by Gasteiger charge is -2.26. The summed E-state index contributed by atoms with van der Waals surface area (Å²) >= 11 is 0. The van der Waals surface area contributed by atoms with E-state index < -0.39 is 0 Å². The van der Waals surface area contributed by atoms with Crippen LogP contribution in [0.2, 0.25) is 0 Å². The molecule has 0 aliphatic carbocycles. The van der Waals surface area contributed by atoms with E-state index in [2.05, 4.69) is 61.5 Å². The molecule has 3 aromatic rings. The summed E-state index contributed by atoms with van der Waals surface area (Å²) < 4.78 is 11.8. The average molecular weight is 417 g/mol. The summed E-state index contributed by atoms with van der Waals surface area (Å²) in [4.78, 5) is 3.36. The van der Waals surface area contributed by atoms with E-state index in [0.29, 0.717) is 6.61 Å². The molecule has 29 heavy (non-hydrogen) atoms. The molecule has 0 amide bonds. The zero-order chi connectivity index (χ0) is 19.8. The predicted octanol–water partition coefficient (Wildman–Crippen LogP) is 5.76. The second-order valence-electron chi connectivity index (χ2n) is 7.84. The van der Waals surface area contributed by atoms with Gasteiger partial charge in [-0.15, -0.1) is 12.4 Å². The smallest absolute Gasteiger partial charge is 0.161 e. The summed E-state index contributed by atoms with van der Waals surface area (Å²) in [5, 5.41) is 4.92. The minimum absolute atomic E-state index is 0. The molecule has 0 fully saturated rings. The summed E-state index contributed by atoms with van der Waals surface area (Å²) in [5.41, 5.74) is 2.51. The largest absolute Gasteiger partial charge is 0.490 e. The molecule has 0 bridgehead atoms. The fourth-order valence-electron chi connectivity index (χ4n) is 3.38. The second-order valence-corrected chi connectivity index (χ2v) is 7.84. The summed E-state index contributed by atoms with van der Waals surface area (Å²) in [6, 6.07) is 16.4. The fraction of sp³-hybridized carbons (Fsp3) is 0.417. The van der Waals surface area contributed by atoms with Crippen LogP contribution in [-0.4, -0.2) is 30.3 Å². The Balaban J connectivity index is 0.00000300. The molecule has 2 aromatic carbocycles. The molecule has 5 heteroatoms. The molecule has 0 aliphatic rings. The Kier molecular flexibility index (Phi) is 8.87. The predicted molar refractivity (Wildman–Crippen MR) is 124 cm³/mol. The van der Waals surface area contributed by atoms with Crippen molar-refractivity contribution < 1.29 is 9.47 Å². The normalized spacial score (nSPS) is 11.3. The molecule has 2 N–H and O–H groups in total. The maximum Gasteiger partial charge on any atom is 0.161 e. The lowest BCUT2D eigenvalue weighted by Crippen LogP contribution is -2.43. The molecule has 4 nitrogen and oxygen atoms in total. The molecule has 1 aromatic heterocycles. The van der Waals surface area contributed by atoms with Gasteiger partial charge in [0, 0.05) is 29.2 Å². The van der Waals surface area contributed by atoms with Crippen molar-refractivity contribution in [3.05, 3.63) is 60.3 Å². The molecule has 3 rings (SSSR count). The van der Waals surface area contributed by atoms with Gasteiger partial charge in [0.2, 0.25) is 0 Å². The van der Waals surface area contributed by atoms with Crippen molar-refractivity contribution in [3.8, 4) is 11.5 Å². The summed E-state index contributed by atoms with van der Waals surface area (Å²) in [6.07, 6.45) is 5.25. The third-order valence-electron chi connectivity index (χ3n) is 4.88. The minimum Gasteiger partial charge on any atom is -0.490 e. The van der Waals surface area contributed by atoms with E-state index >= 15 is 0 Å². The first-order chi connectivity index (χ1) is 13.6. The fourth-order valence-corrected chi connectivity index (χ4v) is 3.38. The third kappa shape index (κ3) is 6.69. The molecule has 0 aliphatic heterocycles.